The van der Waals surface area contributed by atoms with Crippen molar-refractivity contribution in [3.8, 4) is 0 Å². The average Bonchev–Trinajstić information content (AvgIpc) is 2.01. The second-order valence-electron chi connectivity index (χ2n) is 2.26. The molecule has 0 atom stereocenters. The van der Waals surface area contributed by atoms with Crippen LogP contribution in [-0.2, 0) is 4.74 Å². The molecule has 0 aliphatic rings. The van der Waals surface area contributed by atoms with E-state index in [1.54, 1.807) is 0 Å². The molecule has 1 N–H and O–H groups in total. The summed E-state index contributed by atoms with van der Waals surface area (Å²) in [5.74, 6) is 0. The van der Waals surface area contributed by atoms with Crippen LogP contribution in [0.15, 0.2) is 0 Å². The minimum atomic E-state index is -0.311. The van der Waals surface area contributed by atoms with Gasteiger partial charge in [0.05, 0.1) is 6.61 Å². The Morgan fingerprint density at radius 3 is 2.91 bits per heavy atom. The summed E-state index contributed by atoms with van der Waals surface area (Å²) in [4.78, 5) is 10.7. The number of ether oxygens (including phenoxy) is 1. The van der Waals surface area contributed by atoms with E-state index in [0.717, 1.165) is 12.8 Å². The van der Waals surface area contributed by atoms with Crippen LogP contribution in [0.3, 0.4) is 0 Å². The van der Waals surface area contributed by atoms with Gasteiger partial charge in [-0.3, -0.25) is 0 Å². The van der Waals surface area contributed by atoms with Gasteiger partial charge >= 0.3 is 6.09 Å². The van der Waals surface area contributed by atoms with Crippen molar-refractivity contribution < 1.29 is 9.53 Å². The Labute approximate surface area is 68.1 Å². The number of hydrogen-bond donors (Lipinski definition) is 1. The molecule has 0 spiro atoms. The molecule has 1 amide bonds. The van der Waals surface area contributed by atoms with E-state index in [0.29, 0.717) is 13.2 Å². The normalized spacial score (nSPS) is 9.27. The fourth-order valence-corrected chi connectivity index (χ4v) is 0.564. The van der Waals surface area contributed by atoms with Gasteiger partial charge < -0.3 is 10.1 Å². The Hall–Kier alpha value is -0.730. The van der Waals surface area contributed by atoms with Crippen LogP contribution >= 0.6 is 0 Å². The lowest BCUT2D eigenvalue weighted by Gasteiger charge is -2.03. The first-order valence-corrected chi connectivity index (χ1v) is 3.99. The van der Waals surface area contributed by atoms with E-state index in [1.807, 2.05) is 20.3 Å². The smallest absolute Gasteiger partial charge is 0.407 e. The molecule has 0 fully saturated rings. The number of carbonyl (C=O) groups is 1. The average molecular weight is 158 g/mol. The third-order valence-corrected chi connectivity index (χ3v) is 1.14. The van der Waals surface area contributed by atoms with Crippen LogP contribution in [0.5, 0.6) is 0 Å². The van der Waals surface area contributed by atoms with Crippen LogP contribution in [0.2, 0.25) is 0 Å². The number of unbranched alkanes of at least 4 members (excludes halogenated alkanes) is 1. The number of hydrogen-bond acceptors (Lipinski definition) is 2. The molecule has 0 aromatic carbocycles. The largest absolute Gasteiger partial charge is 0.450 e. The van der Waals surface area contributed by atoms with Gasteiger partial charge in [0.2, 0.25) is 0 Å². The zero-order valence-electron chi connectivity index (χ0n) is 7.22. The number of nitrogens with one attached hydrogen (secondary N) is 1. The fourth-order valence-electron chi connectivity index (χ4n) is 0.564. The monoisotopic (exact) mass is 158 g/mol. The van der Waals surface area contributed by atoms with Crippen molar-refractivity contribution in [3.63, 3.8) is 0 Å². The zero-order chi connectivity index (χ0) is 8.53. The van der Waals surface area contributed by atoms with Gasteiger partial charge in [-0.2, -0.15) is 0 Å². The van der Waals surface area contributed by atoms with E-state index < -0.39 is 0 Å². The summed E-state index contributed by atoms with van der Waals surface area (Å²) >= 11 is 0. The van der Waals surface area contributed by atoms with Crippen molar-refractivity contribution in [2.24, 2.45) is 0 Å². The molecule has 0 aliphatic heterocycles. The first-order chi connectivity index (χ1) is 5.31. The first-order valence-electron chi connectivity index (χ1n) is 3.99. The predicted octanol–water partition coefficient (Wildman–Crippen LogP) is 1.74. The quantitative estimate of drug-likeness (QED) is 0.619. The molecule has 0 aliphatic carbocycles. The molecule has 0 rings (SSSR count). The minimum Gasteiger partial charge on any atom is -0.450 e. The van der Waals surface area contributed by atoms with Crippen molar-refractivity contribution in [2.45, 2.75) is 26.7 Å². The van der Waals surface area contributed by atoms with Gasteiger partial charge in [0.1, 0.15) is 0 Å². The molecule has 1 radical (unpaired) electrons. The Morgan fingerprint density at radius 2 is 2.36 bits per heavy atom. The molecule has 0 heterocycles. The van der Waals surface area contributed by atoms with E-state index >= 15 is 0 Å². The molecule has 0 aromatic rings. The summed E-state index contributed by atoms with van der Waals surface area (Å²) in [7, 11) is 0. The van der Waals surface area contributed by atoms with Crippen LogP contribution in [-0.4, -0.2) is 19.2 Å². The topological polar surface area (TPSA) is 38.3 Å². The first kappa shape index (κ1) is 10.3. The van der Waals surface area contributed by atoms with Gasteiger partial charge in [-0.25, -0.2) is 4.79 Å². The molecule has 0 bridgehead atoms. The van der Waals surface area contributed by atoms with E-state index in [9.17, 15) is 4.79 Å². The van der Waals surface area contributed by atoms with E-state index in [-0.39, 0.29) is 6.09 Å². The van der Waals surface area contributed by atoms with E-state index in [4.69, 9.17) is 4.74 Å². The summed E-state index contributed by atoms with van der Waals surface area (Å²) in [5, 5.41) is 2.63. The number of alkyl carbamates (subject to hydrolysis) is 1. The maximum atomic E-state index is 10.7. The van der Waals surface area contributed by atoms with Crippen molar-refractivity contribution in [1.29, 1.82) is 0 Å². The van der Waals surface area contributed by atoms with Gasteiger partial charge in [0.15, 0.2) is 0 Å². The Kier molecular flexibility index (Phi) is 6.89. The second-order valence-corrected chi connectivity index (χ2v) is 2.26. The highest BCUT2D eigenvalue weighted by Gasteiger charge is 1.97. The summed E-state index contributed by atoms with van der Waals surface area (Å²) in [6.45, 7) is 5.09. The highest BCUT2D eigenvalue weighted by atomic mass is 16.5. The maximum Gasteiger partial charge on any atom is 0.407 e. The third kappa shape index (κ3) is 7.16. The van der Waals surface area contributed by atoms with Gasteiger partial charge in [-0.1, -0.05) is 13.8 Å². The predicted molar refractivity (Wildman–Crippen MR) is 44.2 cm³/mol. The Morgan fingerprint density at radius 1 is 1.64 bits per heavy atom. The molecule has 65 valence electrons. The van der Waals surface area contributed by atoms with E-state index in [2.05, 4.69) is 5.32 Å². The number of carbonyl (C=O) groups excluding carboxylic acids is 1. The van der Waals surface area contributed by atoms with Crippen molar-refractivity contribution in [2.75, 3.05) is 13.2 Å². The van der Waals surface area contributed by atoms with Gasteiger partial charge in [0, 0.05) is 6.54 Å². The van der Waals surface area contributed by atoms with Crippen LogP contribution < -0.4 is 5.32 Å². The van der Waals surface area contributed by atoms with Gasteiger partial charge in [-0.15, -0.1) is 0 Å². The standard InChI is InChI=1S/C8H16NO2/c1-3-5-6-9-8(10)11-7-4-2/h3H,4-7H2,1-2H3,(H,9,10). The van der Waals surface area contributed by atoms with Crippen LogP contribution in [0.1, 0.15) is 26.7 Å². The maximum absolute atomic E-state index is 10.7. The van der Waals surface area contributed by atoms with Crippen LogP contribution in [0.25, 0.3) is 0 Å². The van der Waals surface area contributed by atoms with Crippen molar-refractivity contribution >= 4 is 6.09 Å². The molecular formula is C8H16NO2. The molecule has 0 unspecified atom stereocenters. The third-order valence-electron chi connectivity index (χ3n) is 1.14. The highest BCUT2D eigenvalue weighted by Crippen LogP contribution is 1.84. The Bertz CT molecular complexity index is 104. The van der Waals surface area contributed by atoms with Crippen molar-refractivity contribution in [3.05, 3.63) is 6.42 Å². The summed E-state index contributed by atoms with van der Waals surface area (Å²) in [6, 6.07) is 0. The SMILES string of the molecule is C[CH]CCNC(=O)OCCC. The highest BCUT2D eigenvalue weighted by molar-refractivity contribution is 5.66. The Balaban J connectivity index is 3.09. The minimum absolute atomic E-state index is 0.311. The molecule has 0 aromatic heterocycles. The summed E-state index contributed by atoms with van der Waals surface area (Å²) in [6.07, 6.45) is 3.45. The van der Waals surface area contributed by atoms with Gasteiger partial charge in [0.25, 0.3) is 0 Å². The van der Waals surface area contributed by atoms with Crippen LogP contribution in [0.4, 0.5) is 4.79 Å². The number of rotatable bonds is 5. The molecule has 11 heavy (non-hydrogen) atoms. The van der Waals surface area contributed by atoms with Gasteiger partial charge in [-0.05, 0) is 19.3 Å². The fraction of sp³-hybridized carbons (Fsp3) is 0.750. The zero-order valence-corrected chi connectivity index (χ0v) is 7.22. The van der Waals surface area contributed by atoms with Crippen molar-refractivity contribution in [1.82, 2.24) is 5.32 Å². The molecule has 3 nitrogen and oxygen atoms in total. The number of amides is 1. The molecular weight excluding hydrogens is 142 g/mol. The summed E-state index contributed by atoms with van der Waals surface area (Å²) < 4.78 is 4.77. The summed E-state index contributed by atoms with van der Waals surface area (Å²) in [5.41, 5.74) is 0. The lowest BCUT2D eigenvalue weighted by atomic mass is 10.3. The van der Waals surface area contributed by atoms with E-state index in [1.165, 1.54) is 0 Å². The van der Waals surface area contributed by atoms with Crippen LogP contribution in [0, 0.1) is 6.42 Å². The second kappa shape index (κ2) is 7.38. The molecule has 0 saturated heterocycles. The lowest BCUT2D eigenvalue weighted by Crippen LogP contribution is -2.25. The lowest BCUT2D eigenvalue weighted by molar-refractivity contribution is 0.146. The molecule has 3 heteroatoms. The molecule has 0 saturated carbocycles.